The lowest BCUT2D eigenvalue weighted by atomic mass is 10.1. The highest BCUT2D eigenvalue weighted by Crippen LogP contribution is 2.19. The minimum Gasteiger partial charge on any atom is -0.324 e. The van der Waals surface area contributed by atoms with Gasteiger partial charge in [-0.1, -0.05) is 17.7 Å². The van der Waals surface area contributed by atoms with Crippen LogP contribution in [0.5, 0.6) is 0 Å². The highest BCUT2D eigenvalue weighted by molar-refractivity contribution is 6.06. The van der Waals surface area contributed by atoms with Gasteiger partial charge in [-0.05, 0) is 49.7 Å². The van der Waals surface area contributed by atoms with Crippen molar-refractivity contribution in [2.24, 2.45) is 5.84 Å². The number of carbonyl (C=O) groups is 1. The van der Waals surface area contributed by atoms with E-state index in [2.05, 4.69) is 5.43 Å². The number of nitrogen functional groups attached to an aromatic ring is 1. The van der Waals surface area contributed by atoms with Crippen LogP contribution in [0.4, 0.5) is 11.4 Å². The molecule has 0 aromatic heterocycles. The highest BCUT2D eigenvalue weighted by atomic mass is 16.2. The minimum atomic E-state index is -0.0412. The molecule has 0 aliphatic rings. The van der Waals surface area contributed by atoms with Crippen molar-refractivity contribution in [1.29, 1.82) is 0 Å². The molecule has 0 fully saturated rings. The molecule has 0 bridgehead atoms. The van der Waals surface area contributed by atoms with Crippen molar-refractivity contribution in [3.8, 4) is 0 Å². The van der Waals surface area contributed by atoms with Gasteiger partial charge in [-0.2, -0.15) is 0 Å². The van der Waals surface area contributed by atoms with Crippen LogP contribution in [0.15, 0.2) is 42.5 Å². The smallest absolute Gasteiger partial charge is 0.258 e. The summed E-state index contributed by atoms with van der Waals surface area (Å²) < 4.78 is 0. The van der Waals surface area contributed by atoms with Crippen LogP contribution < -0.4 is 16.2 Å². The van der Waals surface area contributed by atoms with Crippen LogP contribution in [0.25, 0.3) is 0 Å². The predicted octanol–water partition coefficient (Wildman–Crippen LogP) is 2.87. The quantitative estimate of drug-likeness (QED) is 0.665. The molecule has 4 heteroatoms. The molecule has 0 radical (unpaired) electrons. The largest absolute Gasteiger partial charge is 0.324 e. The fourth-order valence-electron chi connectivity index (χ4n) is 2.04. The second kappa shape index (κ2) is 5.75. The summed E-state index contributed by atoms with van der Waals surface area (Å²) in [4.78, 5) is 14.1. The second-order valence-corrected chi connectivity index (χ2v) is 4.87. The fourth-order valence-corrected chi connectivity index (χ4v) is 2.04. The van der Waals surface area contributed by atoms with Gasteiger partial charge in [-0.25, -0.2) is 0 Å². The Morgan fingerprint density at radius 3 is 2.30 bits per heavy atom. The molecule has 2 rings (SSSR count). The standard InChI is InChI=1S/C16H19N3O/c1-11-4-7-14(8-5-11)19(3)16(20)13-6-9-15(18-17)12(2)10-13/h4-10,18H,17H2,1-3H3. The maximum absolute atomic E-state index is 12.5. The minimum absolute atomic E-state index is 0.0412. The molecule has 0 aliphatic carbocycles. The van der Waals surface area contributed by atoms with Crippen LogP contribution in [0.3, 0.4) is 0 Å². The number of benzene rings is 2. The molecule has 104 valence electrons. The average molecular weight is 269 g/mol. The number of hydrazine groups is 1. The Hall–Kier alpha value is -2.33. The zero-order valence-corrected chi connectivity index (χ0v) is 12.0. The molecule has 2 aromatic carbocycles. The number of hydrogen-bond donors (Lipinski definition) is 2. The van der Waals surface area contributed by atoms with E-state index in [4.69, 9.17) is 5.84 Å². The van der Waals surface area contributed by atoms with Crippen LogP contribution in [0.1, 0.15) is 21.5 Å². The normalized spacial score (nSPS) is 10.2. The Labute approximate surface area is 119 Å². The summed E-state index contributed by atoms with van der Waals surface area (Å²) in [5, 5.41) is 0. The highest BCUT2D eigenvalue weighted by Gasteiger charge is 2.14. The number of nitrogens with two attached hydrogens (primary N) is 1. The van der Waals surface area contributed by atoms with Crippen LogP contribution in [0, 0.1) is 13.8 Å². The molecular weight excluding hydrogens is 250 g/mol. The second-order valence-electron chi connectivity index (χ2n) is 4.87. The van der Waals surface area contributed by atoms with Gasteiger partial charge in [-0.3, -0.25) is 10.6 Å². The lowest BCUT2D eigenvalue weighted by Crippen LogP contribution is -2.26. The van der Waals surface area contributed by atoms with Crippen molar-refractivity contribution < 1.29 is 4.79 Å². The lowest BCUT2D eigenvalue weighted by molar-refractivity contribution is 0.0993. The van der Waals surface area contributed by atoms with Gasteiger partial charge in [0.1, 0.15) is 0 Å². The Morgan fingerprint density at radius 1 is 1.10 bits per heavy atom. The Kier molecular flexibility index (Phi) is 4.05. The van der Waals surface area contributed by atoms with Gasteiger partial charge in [0.05, 0.1) is 5.69 Å². The van der Waals surface area contributed by atoms with Crippen molar-refractivity contribution in [3.63, 3.8) is 0 Å². The van der Waals surface area contributed by atoms with Crippen LogP contribution in [-0.2, 0) is 0 Å². The third-order valence-corrected chi connectivity index (χ3v) is 3.35. The van der Waals surface area contributed by atoms with Gasteiger partial charge < -0.3 is 10.3 Å². The molecule has 4 nitrogen and oxygen atoms in total. The fraction of sp³-hybridized carbons (Fsp3) is 0.188. The molecule has 0 spiro atoms. The topological polar surface area (TPSA) is 58.4 Å². The zero-order valence-electron chi connectivity index (χ0n) is 12.0. The molecule has 0 heterocycles. The summed E-state index contributed by atoms with van der Waals surface area (Å²) in [6.07, 6.45) is 0. The van der Waals surface area contributed by atoms with E-state index in [0.717, 1.165) is 16.9 Å². The molecule has 1 amide bonds. The molecule has 0 aliphatic heterocycles. The van der Waals surface area contributed by atoms with Gasteiger partial charge in [0.15, 0.2) is 0 Å². The molecule has 0 saturated carbocycles. The van der Waals surface area contributed by atoms with Crippen LogP contribution in [-0.4, -0.2) is 13.0 Å². The summed E-state index contributed by atoms with van der Waals surface area (Å²) in [5.74, 6) is 5.36. The number of nitrogens with one attached hydrogen (secondary N) is 1. The van der Waals surface area contributed by atoms with E-state index in [1.807, 2.05) is 50.2 Å². The zero-order chi connectivity index (χ0) is 14.7. The molecular formula is C16H19N3O. The molecule has 3 N–H and O–H groups in total. The van der Waals surface area contributed by atoms with Crippen molar-refractivity contribution in [2.75, 3.05) is 17.4 Å². The summed E-state index contributed by atoms with van der Waals surface area (Å²) in [6.45, 7) is 3.94. The molecule has 0 atom stereocenters. The van der Waals surface area contributed by atoms with Gasteiger partial charge in [0, 0.05) is 18.3 Å². The van der Waals surface area contributed by atoms with E-state index in [9.17, 15) is 4.79 Å². The first kappa shape index (κ1) is 14.1. The van der Waals surface area contributed by atoms with Gasteiger partial charge in [0.2, 0.25) is 0 Å². The molecule has 2 aromatic rings. The first-order valence-electron chi connectivity index (χ1n) is 6.45. The molecule has 20 heavy (non-hydrogen) atoms. The number of nitrogens with zero attached hydrogens (tertiary/aromatic N) is 1. The van der Waals surface area contributed by atoms with Crippen molar-refractivity contribution in [3.05, 3.63) is 59.2 Å². The third-order valence-electron chi connectivity index (χ3n) is 3.35. The average Bonchev–Trinajstić information content (AvgIpc) is 2.46. The maximum Gasteiger partial charge on any atom is 0.258 e. The Bertz CT molecular complexity index is 620. The van der Waals surface area contributed by atoms with Crippen LogP contribution >= 0.6 is 0 Å². The number of amides is 1. The summed E-state index contributed by atoms with van der Waals surface area (Å²) in [6, 6.07) is 13.3. The number of carbonyl (C=O) groups excluding carboxylic acids is 1. The summed E-state index contributed by atoms with van der Waals surface area (Å²) in [7, 11) is 1.78. The number of rotatable bonds is 3. The summed E-state index contributed by atoms with van der Waals surface area (Å²) >= 11 is 0. The lowest BCUT2D eigenvalue weighted by Gasteiger charge is -2.18. The number of hydrogen-bond acceptors (Lipinski definition) is 3. The van der Waals surface area contributed by atoms with Crippen molar-refractivity contribution in [2.45, 2.75) is 13.8 Å². The Balaban J connectivity index is 2.26. The van der Waals surface area contributed by atoms with Crippen LogP contribution in [0.2, 0.25) is 0 Å². The Morgan fingerprint density at radius 2 is 1.75 bits per heavy atom. The van der Waals surface area contributed by atoms with E-state index in [1.54, 1.807) is 18.0 Å². The van der Waals surface area contributed by atoms with E-state index in [1.165, 1.54) is 5.56 Å². The molecule has 0 saturated heterocycles. The summed E-state index contributed by atoms with van der Waals surface area (Å²) in [5.41, 5.74) is 7.05. The predicted molar refractivity (Wildman–Crippen MR) is 82.9 cm³/mol. The first-order valence-corrected chi connectivity index (χ1v) is 6.45. The number of aryl methyl sites for hydroxylation is 2. The van der Waals surface area contributed by atoms with E-state index >= 15 is 0 Å². The van der Waals surface area contributed by atoms with E-state index in [-0.39, 0.29) is 5.91 Å². The SMILES string of the molecule is Cc1ccc(N(C)C(=O)c2ccc(NN)c(C)c2)cc1. The monoisotopic (exact) mass is 269 g/mol. The maximum atomic E-state index is 12.5. The van der Waals surface area contributed by atoms with Gasteiger partial charge >= 0.3 is 0 Å². The van der Waals surface area contributed by atoms with E-state index < -0.39 is 0 Å². The third kappa shape index (κ3) is 2.81. The van der Waals surface area contributed by atoms with Gasteiger partial charge in [0.25, 0.3) is 5.91 Å². The van der Waals surface area contributed by atoms with E-state index in [0.29, 0.717) is 5.56 Å². The first-order chi connectivity index (χ1) is 9.52. The van der Waals surface area contributed by atoms with Gasteiger partial charge in [-0.15, -0.1) is 0 Å². The van der Waals surface area contributed by atoms with Crippen molar-refractivity contribution >= 4 is 17.3 Å². The van der Waals surface area contributed by atoms with Crippen molar-refractivity contribution in [1.82, 2.24) is 0 Å². The number of anilines is 2. The molecule has 0 unspecified atom stereocenters.